The van der Waals surface area contributed by atoms with Crippen molar-refractivity contribution in [3.05, 3.63) is 89.6 Å². The molecule has 0 aliphatic heterocycles. The molecule has 3 rings (SSSR count). The van der Waals surface area contributed by atoms with Crippen LogP contribution in [0.5, 0.6) is 5.88 Å². The molecule has 6 heteroatoms. The van der Waals surface area contributed by atoms with Gasteiger partial charge in [-0.1, -0.05) is 45.0 Å². The van der Waals surface area contributed by atoms with Gasteiger partial charge in [-0.2, -0.15) is 0 Å². The van der Waals surface area contributed by atoms with Crippen molar-refractivity contribution in [1.29, 1.82) is 0 Å². The summed E-state index contributed by atoms with van der Waals surface area (Å²) in [5, 5.41) is 2.80. The van der Waals surface area contributed by atoms with E-state index < -0.39 is 11.5 Å². The minimum absolute atomic E-state index is 0.122. The van der Waals surface area contributed by atoms with Gasteiger partial charge in [0.15, 0.2) is 6.10 Å². The van der Waals surface area contributed by atoms with Gasteiger partial charge in [0.2, 0.25) is 11.8 Å². The quantitative estimate of drug-likeness (QED) is 0.618. The maximum atomic E-state index is 13.3. The molecule has 0 saturated carbocycles. The van der Waals surface area contributed by atoms with Gasteiger partial charge in [0.05, 0.1) is 11.9 Å². The summed E-state index contributed by atoms with van der Waals surface area (Å²) in [4.78, 5) is 16.3. The normalized spacial score (nSPS) is 11.4. The van der Waals surface area contributed by atoms with Crippen molar-refractivity contribution >= 4 is 11.6 Å². The fraction of sp³-hybridized carbons (Fsp3) is 0.217. The molecule has 4 nitrogen and oxygen atoms in total. The van der Waals surface area contributed by atoms with Gasteiger partial charge < -0.3 is 10.1 Å². The topological polar surface area (TPSA) is 51.2 Å². The number of nitrogens with one attached hydrogen (secondary N) is 1. The summed E-state index contributed by atoms with van der Waals surface area (Å²) >= 11 is 0. The molecule has 1 aromatic heterocycles. The lowest BCUT2D eigenvalue weighted by Gasteiger charge is -2.20. The van der Waals surface area contributed by atoms with Crippen molar-refractivity contribution in [3.63, 3.8) is 0 Å². The Morgan fingerprint density at radius 2 is 1.41 bits per heavy atom. The van der Waals surface area contributed by atoms with Crippen molar-refractivity contribution in [2.24, 2.45) is 5.41 Å². The lowest BCUT2D eigenvalue weighted by atomic mass is 9.96. The van der Waals surface area contributed by atoms with E-state index in [4.69, 9.17) is 4.74 Å². The van der Waals surface area contributed by atoms with Crippen LogP contribution >= 0.6 is 0 Å². The number of benzene rings is 2. The fourth-order valence-electron chi connectivity index (χ4n) is 2.57. The van der Waals surface area contributed by atoms with Crippen LogP contribution in [0.1, 0.15) is 38.0 Å². The molecule has 0 bridgehead atoms. The average Bonchev–Trinajstić information content (AvgIpc) is 2.68. The standard InChI is InChI=1S/C23H22F2N2O2/c1-23(2,3)22(28)27-19-12-13-20(26-14-19)29-21(15-4-8-17(24)9-5-15)16-6-10-18(25)11-7-16/h4-14,21H,1-3H3,(H,27,28). The van der Waals surface area contributed by atoms with E-state index in [-0.39, 0.29) is 17.5 Å². The minimum Gasteiger partial charge on any atom is -0.465 e. The van der Waals surface area contributed by atoms with Gasteiger partial charge in [-0.3, -0.25) is 4.79 Å². The summed E-state index contributed by atoms with van der Waals surface area (Å²) in [6.07, 6.45) is 0.907. The Labute approximate surface area is 168 Å². The molecule has 1 heterocycles. The second-order valence-corrected chi connectivity index (χ2v) is 7.69. The highest BCUT2D eigenvalue weighted by Gasteiger charge is 2.21. The minimum atomic E-state index is -0.598. The Hall–Kier alpha value is -3.28. The molecular formula is C23H22F2N2O2. The molecular weight excluding hydrogens is 374 g/mol. The number of hydrogen-bond donors (Lipinski definition) is 1. The largest absolute Gasteiger partial charge is 0.465 e. The Bertz CT molecular complexity index is 918. The van der Waals surface area contributed by atoms with Crippen LogP contribution in [0.25, 0.3) is 0 Å². The maximum Gasteiger partial charge on any atom is 0.229 e. The van der Waals surface area contributed by atoms with Gasteiger partial charge in [-0.25, -0.2) is 13.8 Å². The number of halogens is 2. The van der Waals surface area contributed by atoms with Crippen LogP contribution in [0.3, 0.4) is 0 Å². The highest BCUT2D eigenvalue weighted by atomic mass is 19.1. The first-order chi connectivity index (χ1) is 13.7. The highest BCUT2D eigenvalue weighted by Crippen LogP contribution is 2.28. The number of carbonyl (C=O) groups is 1. The number of anilines is 1. The number of aromatic nitrogens is 1. The Morgan fingerprint density at radius 3 is 1.83 bits per heavy atom. The SMILES string of the molecule is CC(C)(C)C(=O)Nc1ccc(OC(c2ccc(F)cc2)c2ccc(F)cc2)nc1. The first-order valence-corrected chi connectivity index (χ1v) is 9.17. The third kappa shape index (κ3) is 5.38. The zero-order chi connectivity index (χ0) is 21.0. The lowest BCUT2D eigenvalue weighted by molar-refractivity contribution is -0.123. The predicted molar refractivity (Wildman–Crippen MR) is 108 cm³/mol. The summed E-state index contributed by atoms with van der Waals surface area (Å²) in [5.41, 5.74) is 1.43. The van der Waals surface area contributed by atoms with E-state index in [1.165, 1.54) is 30.5 Å². The molecule has 0 saturated heterocycles. The third-order valence-corrected chi connectivity index (χ3v) is 4.26. The van der Waals surface area contributed by atoms with E-state index in [1.807, 2.05) is 20.8 Å². The van der Waals surface area contributed by atoms with E-state index in [9.17, 15) is 13.6 Å². The maximum absolute atomic E-state index is 13.3. The number of nitrogens with zero attached hydrogens (tertiary/aromatic N) is 1. The van der Waals surface area contributed by atoms with E-state index >= 15 is 0 Å². The summed E-state index contributed by atoms with van der Waals surface area (Å²) in [6.45, 7) is 5.47. The number of rotatable bonds is 5. The molecule has 150 valence electrons. The van der Waals surface area contributed by atoms with Crippen LogP contribution in [0.15, 0.2) is 66.9 Å². The van der Waals surface area contributed by atoms with Crippen LogP contribution in [-0.2, 0) is 4.79 Å². The molecule has 0 spiro atoms. The zero-order valence-electron chi connectivity index (χ0n) is 16.4. The van der Waals surface area contributed by atoms with Gasteiger partial charge in [0.25, 0.3) is 0 Å². The third-order valence-electron chi connectivity index (χ3n) is 4.26. The Morgan fingerprint density at radius 1 is 0.897 bits per heavy atom. The average molecular weight is 396 g/mol. The van der Waals surface area contributed by atoms with Crippen molar-refractivity contribution in [2.45, 2.75) is 26.9 Å². The Kier molecular flexibility index (Phi) is 5.92. The molecule has 1 amide bonds. The molecule has 2 aromatic carbocycles. The molecule has 0 fully saturated rings. The smallest absolute Gasteiger partial charge is 0.229 e. The number of pyridine rings is 1. The molecule has 1 N–H and O–H groups in total. The highest BCUT2D eigenvalue weighted by molar-refractivity contribution is 5.94. The summed E-state index contributed by atoms with van der Waals surface area (Å²) in [7, 11) is 0. The van der Waals surface area contributed by atoms with Crippen LogP contribution in [0.2, 0.25) is 0 Å². The molecule has 0 aliphatic rings. The van der Waals surface area contributed by atoms with Crippen molar-refractivity contribution in [1.82, 2.24) is 4.98 Å². The van der Waals surface area contributed by atoms with Crippen molar-refractivity contribution in [2.75, 3.05) is 5.32 Å². The zero-order valence-corrected chi connectivity index (χ0v) is 16.4. The van der Waals surface area contributed by atoms with Gasteiger partial charge in [0.1, 0.15) is 11.6 Å². The van der Waals surface area contributed by atoms with Gasteiger partial charge in [0, 0.05) is 11.5 Å². The van der Waals surface area contributed by atoms with Crippen LogP contribution in [0, 0.1) is 17.0 Å². The predicted octanol–water partition coefficient (Wildman–Crippen LogP) is 5.51. The van der Waals surface area contributed by atoms with Crippen molar-refractivity contribution < 1.29 is 18.3 Å². The first kappa shape index (κ1) is 20.5. The van der Waals surface area contributed by atoms with Gasteiger partial charge in [-0.05, 0) is 41.5 Å². The van der Waals surface area contributed by atoms with E-state index in [1.54, 1.807) is 36.4 Å². The molecule has 0 atom stereocenters. The fourth-order valence-corrected chi connectivity index (χ4v) is 2.57. The molecule has 0 radical (unpaired) electrons. The lowest BCUT2D eigenvalue weighted by Crippen LogP contribution is -2.27. The van der Waals surface area contributed by atoms with E-state index in [0.29, 0.717) is 22.7 Å². The van der Waals surface area contributed by atoms with Crippen LogP contribution in [-0.4, -0.2) is 10.9 Å². The first-order valence-electron chi connectivity index (χ1n) is 9.17. The number of ether oxygens (including phenoxy) is 1. The van der Waals surface area contributed by atoms with Gasteiger partial charge in [-0.15, -0.1) is 0 Å². The van der Waals surface area contributed by atoms with Gasteiger partial charge >= 0.3 is 0 Å². The van der Waals surface area contributed by atoms with Crippen LogP contribution in [0.4, 0.5) is 14.5 Å². The Balaban J connectivity index is 1.83. The molecule has 29 heavy (non-hydrogen) atoms. The van der Waals surface area contributed by atoms with Crippen LogP contribution < -0.4 is 10.1 Å². The summed E-state index contributed by atoms with van der Waals surface area (Å²) in [5.74, 6) is -0.520. The van der Waals surface area contributed by atoms with E-state index in [0.717, 1.165) is 0 Å². The monoisotopic (exact) mass is 396 g/mol. The second kappa shape index (κ2) is 8.39. The molecule has 0 unspecified atom stereocenters. The van der Waals surface area contributed by atoms with E-state index in [2.05, 4.69) is 10.3 Å². The molecule has 0 aliphatic carbocycles. The number of hydrogen-bond acceptors (Lipinski definition) is 3. The summed E-state index contributed by atoms with van der Waals surface area (Å²) in [6, 6.07) is 15.1. The molecule has 3 aromatic rings. The van der Waals surface area contributed by atoms with Crippen molar-refractivity contribution in [3.8, 4) is 5.88 Å². The summed E-state index contributed by atoms with van der Waals surface area (Å²) < 4.78 is 32.7. The second-order valence-electron chi connectivity index (χ2n) is 7.69. The number of carbonyl (C=O) groups excluding carboxylic acids is 1. The number of amides is 1.